The van der Waals surface area contributed by atoms with Crippen LogP contribution in [0.1, 0.15) is 40.2 Å². The molecule has 2 aliphatic rings. The minimum atomic E-state index is -1.28. The van der Waals surface area contributed by atoms with Crippen LogP contribution in [-0.2, 0) is 23.8 Å². The number of esters is 2. The molecule has 2 saturated heterocycles. The monoisotopic (exact) mass is 460 g/mol. The van der Waals surface area contributed by atoms with Crippen molar-refractivity contribution in [2.45, 2.75) is 46.0 Å². The van der Waals surface area contributed by atoms with Crippen LogP contribution >= 0.6 is 0 Å². The lowest BCUT2D eigenvalue weighted by Crippen LogP contribution is -2.50. The van der Waals surface area contributed by atoms with Gasteiger partial charge in [-0.1, -0.05) is 18.2 Å². The molecule has 2 heterocycles. The summed E-state index contributed by atoms with van der Waals surface area (Å²) in [7, 11) is 0. The van der Waals surface area contributed by atoms with E-state index in [0.29, 0.717) is 37.6 Å². The Labute approximate surface area is 194 Å². The molecule has 2 fully saturated rings. The van der Waals surface area contributed by atoms with E-state index in [2.05, 4.69) is 4.90 Å². The highest BCUT2D eigenvalue weighted by Gasteiger charge is 2.39. The fraction of sp³-hybridized carbons (Fsp3) is 0.542. The molecule has 0 atom stereocenters. The summed E-state index contributed by atoms with van der Waals surface area (Å²) >= 11 is 0. The fourth-order valence-electron chi connectivity index (χ4n) is 3.43. The predicted molar refractivity (Wildman–Crippen MR) is 120 cm³/mol. The van der Waals surface area contributed by atoms with Crippen LogP contribution in [0.5, 0.6) is 5.75 Å². The van der Waals surface area contributed by atoms with Crippen molar-refractivity contribution in [3.8, 4) is 5.75 Å². The Balaban J connectivity index is 1.53. The summed E-state index contributed by atoms with van der Waals surface area (Å²) in [5, 5.41) is 0. The highest BCUT2D eigenvalue weighted by Crippen LogP contribution is 2.27. The minimum absolute atomic E-state index is 0.177. The van der Waals surface area contributed by atoms with Gasteiger partial charge in [0.25, 0.3) is 5.79 Å². The molecule has 0 saturated carbocycles. The van der Waals surface area contributed by atoms with Crippen LogP contribution in [0.3, 0.4) is 0 Å². The predicted octanol–water partition coefficient (Wildman–Crippen LogP) is 2.84. The van der Waals surface area contributed by atoms with Crippen molar-refractivity contribution in [3.05, 3.63) is 35.4 Å². The highest BCUT2D eigenvalue weighted by atomic mass is 16.7. The molecule has 1 aromatic rings. The van der Waals surface area contributed by atoms with Crippen molar-refractivity contribution < 1.29 is 33.3 Å². The van der Waals surface area contributed by atoms with Crippen LogP contribution in [0.2, 0.25) is 0 Å². The quantitative estimate of drug-likeness (QED) is 0.376. The smallest absolute Gasteiger partial charge is 0.410 e. The van der Waals surface area contributed by atoms with Gasteiger partial charge in [0.05, 0.1) is 0 Å². The fourth-order valence-corrected chi connectivity index (χ4v) is 3.43. The average Bonchev–Trinajstić information content (AvgIpc) is 2.70. The lowest BCUT2D eigenvalue weighted by Gasteiger charge is -2.35. The summed E-state index contributed by atoms with van der Waals surface area (Å²) in [6.45, 7) is 12.3. The number of amides is 1. The second-order valence-electron chi connectivity index (χ2n) is 9.43. The van der Waals surface area contributed by atoms with Gasteiger partial charge >= 0.3 is 18.0 Å². The van der Waals surface area contributed by atoms with Crippen LogP contribution in [-0.4, -0.2) is 78.6 Å². The van der Waals surface area contributed by atoms with Gasteiger partial charge < -0.3 is 23.8 Å². The molecule has 33 heavy (non-hydrogen) atoms. The zero-order valence-electron chi connectivity index (χ0n) is 19.9. The maximum atomic E-state index is 12.2. The first-order chi connectivity index (χ1) is 15.4. The van der Waals surface area contributed by atoms with Crippen LogP contribution < -0.4 is 4.74 Å². The Morgan fingerprint density at radius 2 is 1.67 bits per heavy atom. The van der Waals surface area contributed by atoms with Crippen LogP contribution in [0, 0.1) is 0 Å². The van der Waals surface area contributed by atoms with Gasteiger partial charge in [0.2, 0.25) is 0 Å². The maximum Gasteiger partial charge on any atom is 0.410 e. The average molecular weight is 461 g/mol. The number of piperazine rings is 1. The van der Waals surface area contributed by atoms with Crippen LogP contribution in [0.25, 0.3) is 6.08 Å². The second kappa shape index (κ2) is 9.82. The van der Waals surface area contributed by atoms with Crippen molar-refractivity contribution in [2.24, 2.45) is 0 Å². The maximum absolute atomic E-state index is 12.2. The number of nitrogens with zero attached hydrogens (tertiary/aromatic N) is 2. The molecule has 9 nitrogen and oxygen atoms in total. The number of hydrogen-bond donors (Lipinski definition) is 0. The zero-order chi connectivity index (χ0) is 24.2. The first-order valence-electron chi connectivity index (χ1n) is 11.0. The summed E-state index contributed by atoms with van der Waals surface area (Å²) in [6, 6.07) is 7.13. The molecule has 0 radical (unpaired) electrons. The van der Waals surface area contributed by atoms with E-state index in [-0.39, 0.29) is 11.7 Å². The van der Waals surface area contributed by atoms with E-state index in [1.807, 2.05) is 26.8 Å². The van der Waals surface area contributed by atoms with E-state index in [1.54, 1.807) is 23.1 Å². The molecule has 9 heteroatoms. The minimum Gasteiger partial charge on any atom is -0.492 e. The summed E-state index contributed by atoms with van der Waals surface area (Å²) in [4.78, 5) is 40.6. The second-order valence-corrected chi connectivity index (χ2v) is 9.43. The molecule has 180 valence electrons. The van der Waals surface area contributed by atoms with Gasteiger partial charge in [-0.05, 0) is 32.9 Å². The van der Waals surface area contributed by atoms with Gasteiger partial charge in [0, 0.05) is 52.1 Å². The Kier molecular flexibility index (Phi) is 7.31. The van der Waals surface area contributed by atoms with Gasteiger partial charge in [-0.3, -0.25) is 4.90 Å². The SMILES string of the molecule is CC(C)(C)OC(=O)N1CCN(CCOc2ccccc2C=C2C(=O)OC(C)(C)OC2=O)CC1. The Bertz CT molecular complexity index is 903. The third-order valence-corrected chi connectivity index (χ3v) is 5.02. The molecule has 1 amide bonds. The first-order valence-corrected chi connectivity index (χ1v) is 11.0. The van der Waals surface area contributed by atoms with E-state index in [0.717, 1.165) is 13.1 Å². The molecule has 1 aromatic carbocycles. The summed E-state index contributed by atoms with van der Waals surface area (Å²) in [5.41, 5.74) is -0.106. The summed E-state index contributed by atoms with van der Waals surface area (Å²) in [6.07, 6.45) is 1.14. The van der Waals surface area contributed by atoms with Crippen LogP contribution in [0.15, 0.2) is 29.8 Å². The van der Waals surface area contributed by atoms with Crippen molar-refractivity contribution >= 4 is 24.1 Å². The molecule has 0 spiro atoms. The standard InChI is InChI=1S/C24H32N2O7/c1-23(2,3)33-22(29)26-12-10-25(11-13-26)14-15-30-19-9-7-6-8-17(19)16-18-20(27)31-24(4,5)32-21(18)28/h6-9,16H,10-15H2,1-5H3. The Morgan fingerprint density at radius 1 is 1.06 bits per heavy atom. The largest absolute Gasteiger partial charge is 0.492 e. The molecule has 2 aliphatic heterocycles. The van der Waals surface area contributed by atoms with Gasteiger partial charge in [0.15, 0.2) is 0 Å². The van der Waals surface area contributed by atoms with Crippen molar-refractivity contribution in [1.29, 1.82) is 0 Å². The summed E-state index contributed by atoms with van der Waals surface area (Å²) in [5.74, 6) is -2.19. The normalized spacial score (nSPS) is 18.9. The molecular weight excluding hydrogens is 428 g/mol. The molecular formula is C24H32N2O7. The topological polar surface area (TPSA) is 94.6 Å². The summed E-state index contributed by atoms with van der Waals surface area (Å²) < 4.78 is 21.7. The zero-order valence-corrected chi connectivity index (χ0v) is 19.9. The molecule has 0 bridgehead atoms. The number of ether oxygens (including phenoxy) is 4. The third kappa shape index (κ3) is 6.95. The van der Waals surface area contributed by atoms with Gasteiger partial charge in [-0.25, -0.2) is 14.4 Å². The number of rotatable bonds is 5. The highest BCUT2D eigenvalue weighted by molar-refractivity contribution is 6.19. The van der Waals surface area contributed by atoms with Crippen molar-refractivity contribution in [2.75, 3.05) is 39.3 Å². The van der Waals surface area contributed by atoms with Gasteiger partial charge in [-0.15, -0.1) is 0 Å². The van der Waals surface area contributed by atoms with Gasteiger partial charge in [-0.2, -0.15) is 0 Å². The Morgan fingerprint density at radius 3 is 2.27 bits per heavy atom. The van der Waals surface area contributed by atoms with Crippen molar-refractivity contribution in [1.82, 2.24) is 9.80 Å². The molecule has 0 aliphatic carbocycles. The third-order valence-electron chi connectivity index (χ3n) is 5.02. The molecule has 3 rings (SSSR count). The Hall–Kier alpha value is -3.07. The number of carbonyl (C=O) groups excluding carboxylic acids is 3. The van der Waals surface area contributed by atoms with E-state index < -0.39 is 23.3 Å². The molecule has 0 aromatic heterocycles. The number of benzene rings is 1. The first kappa shape index (κ1) is 24.6. The van der Waals surface area contributed by atoms with Gasteiger partial charge in [0.1, 0.15) is 23.5 Å². The number of cyclic esters (lactones) is 2. The number of carbonyl (C=O) groups is 3. The van der Waals surface area contributed by atoms with E-state index >= 15 is 0 Å². The van der Waals surface area contributed by atoms with E-state index in [1.165, 1.54) is 19.9 Å². The van der Waals surface area contributed by atoms with Crippen molar-refractivity contribution in [3.63, 3.8) is 0 Å². The van der Waals surface area contributed by atoms with E-state index in [4.69, 9.17) is 18.9 Å². The lowest BCUT2D eigenvalue weighted by atomic mass is 10.1. The molecule has 0 N–H and O–H groups in total. The molecule has 0 unspecified atom stereocenters. The van der Waals surface area contributed by atoms with Crippen LogP contribution in [0.4, 0.5) is 4.79 Å². The number of hydrogen-bond acceptors (Lipinski definition) is 8. The number of para-hydroxylation sites is 1. The van der Waals surface area contributed by atoms with E-state index in [9.17, 15) is 14.4 Å². The lowest BCUT2D eigenvalue weighted by molar-refractivity contribution is -0.222.